The molecule has 1 unspecified atom stereocenters. The van der Waals surface area contributed by atoms with E-state index in [2.05, 4.69) is 4.98 Å². The van der Waals surface area contributed by atoms with Crippen LogP contribution in [0.2, 0.25) is 0 Å². The minimum absolute atomic E-state index is 0.131. The van der Waals surface area contributed by atoms with Crippen molar-refractivity contribution in [2.75, 3.05) is 18.8 Å². The quantitative estimate of drug-likeness (QED) is 0.835. The second-order valence-electron chi connectivity index (χ2n) is 4.82. The third kappa shape index (κ3) is 4.04. The fourth-order valence-electron chi connectivity index (χ4n) is 2.22. The number of hydrogen-bond acceptors (Lipinski definition) is 5. The Morgan fingerprint density at radius 3 is 3.05 bits per heavy atom. The van der Waals surface area contributed by atoms with Crippen molar-refractivity contribution < 1.29 is 9.59 Å². The number of carbonyl (C=O) groups is 2. The summed E-state index contributed by atoms with van der Waals surface area (Å²) in [5, 5.41) is 0.131. The van der Waals surface area contributed by atoms with E-state index in [1.807, 2.05) is 17.3 Å². The molecule has 19 heavy (non-hydrogen) atoms. The number of aryl methyl sites for hydroxylation is 1. The van der Waals surface area contributed by atoms with Crippen LogP contribution in [0.4, 0.5) is 0 Å². The molecule has 0 radical (unpaired) electrons. The van der Waals surface area contributed by atoms with Gasteiger partial charge in [-0.05, 0) is 12.8 Å². The maximum absolute atomic E-state index is 11.9. The van der Waals surface area contributed by atoms with Gasteiger partial charge in [-0.15, -0.1) is 11.3 Å². The summed E-state index contributed by atoms with van der Waals surface area (Å²) >= 11 is 2.98. The Hall–Kier alpha value is -0.880. The normalized spacial score (nSPS) is 19.2. The van der Waals surface area contributed by atoms with Crippen LogP contribution in [0.3, 0.4) is 0 Å². The first-order valence-electron chi connectivity index (χ1n) is 6.36. The first kappa shape index (κ1) is 14.5. The second-order valence-corrected chi connectivity index (χ2v) is 6.96. The molecule has 0 N–H and O–H groups in total. The molecule has 0 spiro atoms. The minimum atomic E-state index is 0.131. The lowest BCUT2D eigenvalue weighted by Gasteiger charge is -2.16. The Morgan fingerprint density at radius 2 is 2.42 bits per heavy atom. The van der Waals surface area contributed by atoms with Crippen molar-refractivity contribution in [3.63, 3.8) is 0 Å². The van der Waals surface area contributed by atoms with Crippen LogP contribution in [0.1, 0.15) is 23.9 Å². The molecule has 104 valence electrons. The highest BCUT2D eigenvalue weighted by molar-refractivity contribution is 8.13. The van der Waals surface area contributed by atoms with Gasteiger partial charge in [-0.25, -0.2) is 4.98 Å². The Morgan fingerprint density at radius 1 is 1.63 bits per heavy atom. The van der Waals surface area contributed by atoms with E-state index in [4.69, 9.17) is 0 Å². The molecular formula is C13H18N2O2S2. The predicted molar refractivity (Wildman–Crippen MR) is 78.4 cm³/mol. The number of aromatic nitrogens is 1. The Balaban J connectivity index is 1.80. The summed E-state index contributed by atoms with van der Waals surface area (Å²) in [7, 11) is 0. The molecular weight excluding hydrogens is 280 g/mol. The molecule has 0 aliphatic carbocycles. The van der Waals surface area contributed by atoms with Crippen LogP contribution in [-0.2, 0) is 16.0 Å². The van der Waals surface area contributed by atoms with Crippen molar-refractivity contribution in [1.29, 1.82) is 0 Å². The van der Waals surface area contributed by atoms with Gasteiger partial charge in [-0.3, -0.25) is 9.59 Å². The molecule has 0 aromatic carbocycles. The maximum atomic E-state index is 11.9. The number of hydrogen-bond donors (Lipinski definition) is 0. The predicted octanol–water partition coefficient (Wildman–Crippen LogP) is 2.12. The van der Waals surface area contributed by atoms with Crippen molar-refractivity contribution in [1.82, 2.24) is 9.88 Å². The average Bonchev–Trinajstić information content (AvgIpc) is 2.91. The monoisotopic (exact) mass is 298 g/mol. The van der Waals surface area contributed by atoms with E-state index in [0.717, 1.165) is 31.0 Å². The Kier molecular flexibility index (Phi) is 4.99. The molecule has 1 aromatic rings. The first-order chi connectivity index (χ1) is 9.06. The van der Waals surface area contributed by atoms with Crippen LogP contribution in [0.5, 0.6) is 0 Å². The third-order valence-corrected chi connectivity index (χ3v) is 5.31. The van der Waals surface area contributed by atoms with Gasteiger partial charge < -0.3 is 4.90 Å². The number of rotatable bonds is 5. The van der Waals surface area contributed by atoms with Crippen molar-refractivity contribution in [2.45, 2.75) is 26.7 Å². The molecule has 6 heteroatoms. The fourth-order valence-corrected chi connectivity index (χ4v) is 3.68. The van der Waals surface area contributed by atoms with E-state index in [1.165, 1.54) is 16.6 Å². The summed E-state index contributed by atoms with van der Waals surface area (Å²) in [6, 6.07) is 0. The second kappa shape index (κ2) is 6.52. The smallest absolute Gasteiger partial charge is 0.222 e. The summed E-state index contributed by atoms with van der Waals surface area (Å²) in [5.41, 5.74) is 2.92. The van der Waals surface area contributed by atoms with Crippen molar-refractivity contribution in [3.05, 3.63) is 16.1 Å². The van der Waals surface area contributed by atoms with E-state index in [1.54, 1.807) is 18.3 Å². The highest BCUT2D eigenvalue weighted by Gasteiger charge is 2.29. The van der Waals surface area contributed by atoms with Gasteiger partial charge in [0.1, 0.15) is 0 Å². The number of carbonyl (C=O) groups excluding carboxylic acids is 2. The zero-order valence-electron chi connectivity index (χ0n) is 11.2. The molecule has 2 rings (SSSR count). The largest absolute Gasteiger partial charge is 0.342 e. The van der Waals surface area contributed by atoms with Crippen LogP contribution >= 0.6 is 23.1 Å². The van der Waals surface area contributed by atoms with E-state index in [-0.39, 0.29) is 11.0 Å². The summed E-state index contributed by atoms with van der Waals surface area (Å²) < 4.78 is 0. The van der Waals surface area contributed by atoms with Crippen LogP contribution in [0.25, 0.3) is 0 Å². The van der Waals surface area contributed by atoms with Crippen LogP contribution in [0, 0.1) is 12.8 Å². The minimum Gasteiger partial charge on any atom is -0.342 e. The zero-order valence-corrected chi connectivity index (χ0v) is 12.9. The molecule has 0 bridgehead atoms. The molecule has 1 aromatic heterocycles. The summed E-state index contributed by atoms with van der Waals surface area (Å²) in [5.74, 6) is 1.30. The molecule has 0 saturated carbocycles. The van der Waals surface area contributed by atoms with Gasteiger partial charge in [0.2, 0.25) is 5.91 Å². The highest BCUT2D eigenvalue weighted by atomic mass is 32.2. The highest BCUT2D eigenvalue weighted by Crippen LogP contribution is 2.23. The van der Waals surface area contributed by atoms with E-state index >= 15 is 0 Å². The Bertz CT molecular complexity index is 473. The molecule has 1 amide bonds. The molecule has 1 fully saturated rings. The van der Waals surface area contributed by atoms with Crippen molar-refractivity contribution >= 4 is 34.1 Å². The van der Waals surface area contributed by atoms with Gasteiger partial charge in [0.05, 0.1) is 11.2 Å². The number of likely N-dealkylation sites (tertiary alicyclic amines) is 1. The number of nitrogens with zero attached hydrogens (tertiary/aromatic N) is 2. The van der Waals surface area contributed by atoms with E-state index in [0.29, 0.717) is 12.3 Å². The van der Waals surface area contributed by atoms with E-state index in [9.17, 15) is 9.59 Å². The van der Waals surface area contributed by atoms with Gasteiger partial charge >= 0.3 is 0 Å². The molecule has 1 atom stereocenters. The molecule has 1 aliphatic heterocycles. The van der Waals surface area contributed by atoms with Gasteiger partial charge in [0.15, 0.2) is 5.12 Å². The van der Waals surface area contributed by atoms with Crippen LogP contribution in [0.15, 0.2) is 5.51 Å². The molecule has 1 aliphatic rings. The van der Waals surface area contributed by atoms with Gasteiger partial charge in [-0.1, -0.05) is 11.8 Å². The van der Waals surface area contributed by atoms with E-state index < -0.39 is 0 Å². The number of amides is 1. The molecule has 1 saturated heterocycles. The van der Waals surface area contributed by atoms with Crippen LogP contribution in [-0.4, -0.2) is 39.7 Å². The number of thiazole rings is 1. The molecule has 2 heterocycles. The van der Waals surface area contributed by atoms with Gasteiger partial charge in [0, 0.05) is 43.5 Å². The Labute approximate surface area is 121 Å². The van der Waals surface area contributed by atoms with Crippen molar-refractivity contribution in [3.8, 4) is 0 Å². The lowest BCUT2D eigenvalue weighted by atomic mass is 10.1. The zero-order chi connectivity index (χ0) is 13.8. The third-order valence-electron chi connectivity index (χ3n) is 3.27. The number of thioether (sulfide) groups is 1. The first-order valence-corrected chi connectivity index (χ1v) is 8.23. The van der Waals surface area contributed by atoms with Crippen molar-refractivity contribution in [2.24, 2.45) is 5.92 Å². The summed E-state index contributed by atoms with van der Waals surface area (Å²) in [6.45, 7) is 5.13. The summed E-state index contributed by atoms with van der Waals surface area (Å²) in [4.78, 5) is 30.2. The van der Waals surface area contributed by atoms with Gasteiger partial charge in [-0.2, -0.15) is 0 Å². The topological polar surface area (TPSA) is 50.3 Å². The fraction of sp³-hybridized carbons (Fsp3) is 0.615. The maximum Gasteiger partial charge on any atom is 0.222 e. The lowest BCUT2D eigenvalue weighted by Crippen LogP contribution is -2.27. The average molecular weight is 298 g/mol. The molecule has 4 nitrogen and oxygen atoms in total. The standard InChI is InChI=1S/C13H18N2O2S2/c1-9-12(19-8-14-9)3-4-15-6-11(5-13(15)17)7-18-10(2)16/h8,11H,3-7H2,1-2H3. The van der Waals surface area contributed by atoms with Gasteiger partial charge in [0.25, 0.3) is 0 Å². The van der Waals surface area contributed by atoms with Crippen LogP contribution < -0.4 is 0 Å². The lowest BCUT2D eigenvalue weighted by molar-refractivity contribution is -0.127. The SMILES string of the molecule is CC(=O)SCC1CC(=O)N(CCc2scnc2C)C1. The summed E-state index contributed by atoms with van der Waals surface area (Å²) in [6.07, 6.45) is 1.47.